The molecule has 1 aliphatic rings. The maximum atomic E-state index is 12.8. The van der Waals surface area contributed by atoms with E-state index in [0.717, 1.165) is 29.7 Å². The van der Waals surface area contributed by atoms with E-state index in [2.05, 4.69) is 5.10 Å². The number of halogens is 1. The average molecular weight is 494 g/mol. The standard InChI is InChI=1S/C27H28ClN3O4/c1-19-24(27(28)31(29-19)17-20-6-4-3-5-7-20)14-15-26(33)35-18-25(32)30(22-10-11-22)16-21-8-12-23(34-2)13-9-21/h3-9,12-15,22H,10-11,16-18H2,1-2H3/b15-14+. The first-order chi connectivity index (χ1) is 16.9. The van der Waals surface area contributed by atoms with Crippen molar-refractivity contribution in [3.8, 4) is 5.75 Å². The van der Waals surface area contributed by atoms with Crippen molar-refractivity contribution in [2.45, 2.75) is 38.9 Å². The number of aromatic nitrogens is 2. The van der Waals surface area contributed by atoms with Gasteiger partial charge in [-0.3, -0.25) is 4.79 Å². The van der Waals surface area contributed by atoms with Crippen LogP contribution in [0, 0.1) is 6.92 Å². The number of esters is 1. The lowest BCUT2D eigenvalue weighted by Gasteiger charge is -2.22. The van der Waals surface area contributed by atoms with Gasteiger partial charge in [0, 0.05) is 24.2 Å². The molecular formula is C27H28ClN3O4. The van der Waals surface area contributed by atoms with Crippen LogP contribution < -0.4 is 4.74 Å². The average Bonchev–Trinajstić information content (AvgIpc) is 3.67. The number of ether oxygens (including phenoxy) is 2. The SMILES string of the molecule is COc1ccc(CN(C(=O)COC(=O)/C=C/c2c(C)nn(Cc3ccccc3)c2Cl)C2CC2)cc1. The lowest BCUT2D eigenvalue weighted by Crippen LogP contribution is -2.35. The predicted molar refractivity (Wildman–Crippen MR) is 134 cm³/mol. The molecule has 1 fully saturated rings. The quantitative estimate of drug-likeness (QED) is 0.303. The molecule has 0 radical (unpaired) electrons. The molecule has 1 aliphatic carbocycles. The van der Waals surface area contributed by atoms with Crippen LogP contribution in [-0.4, -0.2) is 46.3 Å². The molecular weight excluding hydrogens is 466 g/mol. The number of methoxy groups -OCH3 is 1. The second-order valence-electron chi connectivity index (χ2n) is 8.48. The Morgan fingerprint density at radius 2 is 1.83 bits per heavy atom. The molecule has 0 N–H and O–H groups in total. The van der Waals surface area contributed by atoms with Crippen LogP contribution in [0.2, 0.25) is 5.15 Å². The topological polar surface area (TPSA) is 73.7 Å². The van der Waals surface area contributed by atoms with Gasteiger partial charge in [-0.2, -0.15) is 5.10 Å². The molecule has 35 heavy (non-hydrogen) atoms. The molecule has 0 spiro atoms. The summed E-state index contributed by atoms with van der Waals surface area (Å²) in [4.78, 5) is 26.9. The molecule has 3 aromatic rings. The third-order valence-corrected chi connectivity index (χ3v) is 6.23. The van der Waals surface area contributed by atoms with Gasteiger partial charge in [0.25, 0.3) is 5.91 Å². The van der Waals surface area contributed by atoms with Crippen LogP contribution in [0.5, 0.6) is 5.75 Å². The number of carbonyl (C=O) groups excluding carboxylic acids is 2. The van der Waals surface area contributed by atoms with Crippen molar-refractivity contribution >= 4 is 29.6 Å². The molecule has 8 heteroatoms. The first kappa shape index (κ1) is 24.5. The van der Waals surface area contributed by atoms with E-state index in [9.17, 15) is 9.59 Å². The van der Waals surface area contributed by atoms with Crippen LogP contribution in [-0.2, 0) is 27.4 Å². The Balaban J connectivity index is 1.33. The highest BCUT2D eigenvalue weighted by molar-refractivity contribution is 6.31. The van der Waals surface area contributed by atoms with Gasteiger partial charge in [-0.1, -0.05) is 54.1 Å². The molecule has 1 aromatic heterocycles. The lowest BCUT2D eigenvalue weighted by molar-refractivity contribution is -0.148. The van der Waals surface area contributed by atoms with Gasteiger partial charge in [0.1, 0.15) is 10.9 Å². The fourth-order valence-electron chi connectivity index (χ4n) is 3.77. The summed E-state index contributed by atoms with van der Waals surface area (Å²) in [6, 6.07) is 17.6. The Morgan fingerprint density at radius 1 is 1.11 bits per heavy atom. The molecule has 1 saturated carbocycles. The van der Waals surface area contributed by atoms with Gasteiger partial charge >= 0.3 is 5.97 Å². The summed E-state index contributed by atoms with van der Waals surface area (Å²) in [7, 11) is 1.61. The third kappa shape index (κ3) is 6.51. The summed E-state index contributed by atoms with van der Waals surface area (Å²) in [6.07, 6.45) is 4.77. The highest BCUT2D eigenvalue weighted by Gasteiger charge is 2.32. The number of benzene rings is 2. The molecule has 0 atom stereocenters. The van der Waals surface area contributed by atoms with Gasteiger partial charge in [0.15, 0.2) is 6.61 Å². The van der Waals surface area contributed by atoms with Gasteiger partial charge in [0.2, 0.25) is 0 Å². The van der Waals surface area contributed by atoms with Crippen molar-refractivity contribution in [3.63, 3.8) is 0 Å². The molecule has 1 heterocycles. The minimum atomic E-state index is -0.607. The van der Waals surface area contributed by atoms with Gasteiger partial charge in [-0.25, -0.2) is 9.48 Å². The second kappa shape index (κ2) is 11.2. The molecule has 182 valence electrons. The zero-order chi connectivity index (χ0) is 24.8. The third-order valence-electron chi connectivity index (χ3n) is 5.83. The fraction of sp³-hybridized carbons (Fsp3) is 0.296. The highest BCUT2D eigenvalue weighted by Crippen LogP contribution is 2.29. The highest BCUT2D eigenvalue weighted by atomic mass is 35.5. The predicted octanol–water partition coefficient (Wildman–Crippen LogP) is 4.65. The van der Waals surface area contributed by atoms with Crippen LogP contribution in [0.25, 0.3) is 6.08 Å². The largest absolute Gasteiger partial charge is 0.497 e. The van der Waals surface area contributed by atoms with Crippen molar-refractivity contribution in [1.82, 2.24) is 14.7 Å². The summed E-state index contributed by atoms with van der Waals surface area (Å²) in [5.74, 6) is -0.0560. The van der Waals surface area contributed by atoms with Gasteiger partial charge in [0.05, 0.1) is 19.3 Å². The summed E-state index contributed by atoms with van der Waals surface area (Å²) < 4.78 is 12.1. The van der Waals surface area contributed by atoms with Crippen LogP contribution in [0.15, 0.2) is 60.7 Å². The van der Waals surface area contributed by atoms with E-state index < -0.39 is 5.97 Å². The van der Waals surface area contributed by atoms with E-state index in [-0.39, 0.29) is 18.6 Å². The van der Waals surface area contributed by atoms with Crippen molar-refractivity contribution < 1.29 is 19.1 Å². The minimum absolute atomic E-state index is 0.191. The number of nitrogens with zero attached hydrogens (tertiary/aromatic N) is 3. The molecule has 0 bridgehead atoms. The molecule has 0 unspecified atom stereocenters. The first-order valence-electron chi connectivity index (χ1n) is 11.5. The van der Waals surface area contributed by atoms with E-state index in [1.165, 1.54) is 6.08 Å². The Bertz CT molecular complexity index is 1200. The Kier molecular flexibility index (Phi) is 7.87. The zero-order valence-corrected chi connectivity index (χ0v) is 20.6. The van der Waals surface area contributed by atoms with E-state index in [0.29, 0.717) is 29.5 Å². The summed E-state index contributed by atoms with van der Waals surface area (Å²) >= 11 is 6.50. The molecule has 2 aromatic carbocycles. The summed E-state index contributed by atoms with van der Waals surface area (Å²) in [5.41, 5.74) is 3.41. The second-order valence-corrected chi connectivity index (χ2v) is 8.83. The van der Waals surface area contributed by atoms with Gasteiger partial charge < -0.3 is 14.4 Å². The Morgan fingerprint density at radius 3 is 2.49 bits per heavy atom. The number of aryl methyl sites for hydroxylation is 1. The minimum Gasteiger partial charge on any atom is -0.497 e. The Labute approximate surface area is 209 Å². The summed E-state index contributed by atoms with van der Waals surface area (Å²) in [6.45, 7) is 2.51. The van der Waals surface area contributed by atoms with Crippen LogP contribution in [0.3, 0.4) is 0 Å². The number of hydrogen-bond acceptors (Lipinski definition) is 5. The Hall–Kier alpha value is -3.58. The summed E-state index contributed by atoms with van der Waals surface area (Å²) in [5, 5.41) is 4.91. The van der Waals surface area contributed by atoms with E-state index in [1.807, 2.05) is 61.5 Å². The van der Waals surface area contributed by atoms with E-state index in [4.69, 9.17) is 21.1 Å². The molecule has 0 aliphatic heterocycles. The van der Waals surface area contributed by atoms with Crippen LogP contribution >= 0.6 is 11.6 Å². The van der Waals surface area contributed by atoms with Gasteiger partial charge in [-0.05, 0) is 49.1 Å². The zero-order valence-electron chi connectivity index (χ0n) is 19.8. The number of amides is 1. The first-order valence-corrected chi connectivity index (χ1v) is 11.9. The maximum absolute atomic E-state index is 12.8. The normalized spacial score (nSPS) is 13.1. The number of carbonyl (C=O) groups is 2. The number of rotatable bonds is 10. The lowest BCUT2D eigenvalue weighted by atomic mass is 10.2. The molecule has 0 saturated heterocycles. The van der Waals surface area contributed by atoms with E-state index >= 15 is 0 Å². The fourth-order valence-corrected chi connectivity index (χ4v) is 4.06. The van der Waals surface area contributed by atoms with Crippen molar-refractivity contribution in [3.05, 3.63) is 88.2 Å². The van der Waals surface area contributed by atoms with E-state index in [1.54, 1.807) is 22.8 Å². The van der Waals surface area contributed by atoms with Crippen molar-refractivity contribution in [2.24, 2.45) is 0 Å². The monoisotopic (exact) mass is 493 g/mol. The molecule has 7 nitrogen and oxygen atoms in total. The van der Waals surface area contributed by atoms with Crippen LogP contribution in [0.4, 0.5) is 0 Å². The van der Waals surface area contributed by atoms with Crippen LogP contribution in [0.1, 0.15) is 35.2 Å². The smallest absolute Gasteiger partial charge is 0.331 e. The van der Waals surface area contributed by atoms with Crippen molar-refractivity contribution in [2.75, 3.05) is 13.7 Å². The number of hydrogen-bond donors (Lipinski definition) is 0. The maximum Gasteiger partial charge on any atom is 0.331 e. The molecule has 1 amide bonds. The van der Waals surface area contributed by atoms with Crippen molar-refractivity contribution in [1.29, 1.82) is 0 Å². The van der Waals surface area contributed by atoms with Gasteiger partial charge in [-0.15, -0.1) is 0 Å². The molecule has 4 rings (SSSR count).